The van der Waals surface area contributed by atoms with Crippen molar-refractivity contribution in [1.82, 2.24) is 14.9 Å². The minimum atomic E-state index is -0.222. The molecule has 1 amide bonds. The number of carbonyl (C=O) groups is 2. The van der Waals surface area contributed by atoms with Crippen molar-refractivity contribution in [3.8, 4) is 5.69 Å². The van der Waals surface area contributed by atoms with E-state index in [-0.39, 0.29) is 17.7 Å². The van der Waals surface area contributed by atoms with Gasteiger partial charge in [0.1, 0.15) is 0 Å². The zero-order valence-electron chi connectivity index (χ0n) is 13.2. The van der Waals surface area contributed by atoms with E-state index in [0.717, 1.165) is 10.6 Å². The van der Waals surface area contributed by atoms with Crippen LogP contribution in [0.2, 0.25) is 0 Å². The first kappa shape index (κ1) is 16.1. The van der Waals surface area contributed by atoms with E-state index >= 15 is 0 Å². The number of ketones is 1. The van der Waals surface area contributed by atoms with E-state index in [1.54, 1.807) is 30.7 Å². The third-order valence-corrected chi connectivity index (χ3v) is 4.51. The zero-order chi connectivity index (χ0) is 16.9. The zero-order valence-corrected chi connectivity index (χ0v) is 14.0. The van der Waals surface area contributed by atoms with Gasteiger partial charge in [-0.15, -0.1) is 11.3 Å². The average molecular weight is 339 g/mol. The molecule has 3 aromatic rings. The number of nitrogens with zero attached hydrogens (tertiary/aromatic N) is 2. The number of amides is 1. The number of aromatic nitrogens is 2. The molecule has 0 fully saturated rings. The molecule has 2 heterocycles. The van der Waals surface area contributed by atoms with Crippen molar-refractivity contribution in [1.29, 1.82) is 0 Å². The predicted octanol–water partition coefficient (Wildman–Crippen LogP) is 3.33. The molecule has 0 aliphatic rings. The van der Waals surface area contributed by atoms with E-state index in [4.69, 9.17) is 0 Å². The summed E-state index contributed by atoms with van der Waals surface area (Å²) < 4.78 is 1.87. The molecular weight excluding hydrogens is 322 g/mol. The van der Waals surface area contributed by atoms with Gasteiger partial charge in [-0.05, 0) is 42.6 Å². The number of nitrogens with one attached hydrogen (secondary N) is 1. The van der Waals surface area contributed by atoms with E-state index in [1.165, 1.54) is 11.3 Å². The van der Waals surface area contributed by atoms with Gasteiger partial charge in [0.05, 0.1) is 11.2 Å². The van der Waals surface area contributed by atoms with Gasteiger partial charge in [-0.3, -0.25) is 9.59 Å². The van der Waals surface area contributed by atoms with Crippen molar-refractivity contribution in [2.75, 3.05) is 0 Å². The van der Waals surface area contributed by atoms with E-state index in [9.17, 15) is 9.59 Å². The topological polar surface area (TPSA) is 64.0 Å². The number of Topliss-reactive ketones (excluding diaryl/α,β-unsaturated/α-hetero) is 1. The summed E-state index contributed by atoms with van der Waals surface area (Å²) in [5, 5.41) is 4.74. The lowest BCUT2D eigenvalue weighted by atomic mass is 10.1. The highest BCUT2D eigenvalue weighted by Gasteiger charge is 2.15. The third kappa shape index (κ3) is 3.78. The Hall–Kier alpha value is -2.73. The van der Waals surface area contributed by atoms with Crippen molar-refractivity contribution in [2.24, 2.45) is 0 Å². The van der Waals surface area contributed by atoms with Crippen molar-refractivity contribution >= 4 is 23.0 Å². The van der Waals surface area contributed by atoms with Crippen molar-refractivity contribution in [2.45, 2.75) is 19.4 Å². The van der Waals surface area contributed by atoms with Gasteiger partial charge in [-0.25, -0.2) is 4.98 Å². The standard InChI is InChI=1S/C18H17N3O2S/c1-13(11-16(22)17-3-2-10-24-17)20-18(23)14-4-6-15(7-5-14)21-9-8-19-12-21/h2-10,12-13H,11H2,1H3,(H,20,23). The number of carbonyl (C=O) groups excluding carboxylic acids is 2. The number of rotatable bonds is 6. The van der Waals surface area contributed by atoms with Gasteiger partial charge in [0.2, 0.25) is 0 Å². The van der Waals surface area contributed by atoms with Crippen LogP contribution < -0.4 is 5.32 Å². The highest BCUT2D eigenvalue weighted by molar-refractivity contribution is 7.12. The minimum Gasteiger partial charge on any atom is -0.349 e. The molecular formula is C18H17N3O2S. The van der Waals surface area contributed by atoms with Crippen molar-refractivity contribution < 1.29 is 9.59 Å². The summed E-state index contributed by atoms with van der Waals surface area (Å²) in [4.78, 5) is 29.1. The molecule has 5 nitrogen and oxygen atoms in total. The van der Waals surface area contributed by atoms with Gasteiger partial charge in [-0.1, -0.05) is 6.07 Å². The molecule has 0 radical (unpaired) electrons. The molecule has 0 aliphatic carbocycles. The summed E-state index contributed by atoms with van der Waals surface area (Å²) in [6, 6.07) is 10.7. The fourth-order valence-electron chi connectivity index (χ4n) is 2.37. The molecule has 0 saturated heterocycles. The molecule has 1 N–H and O–H groups in total. The quantitative estimate of drug-likeness (QED) is 0.701. The predicted molar refractivity (Wildman–Crippen MR) is 93.8 cm³/mol. The molecule has 0 saturated carbocycles. The first-order chi connectivity index (χ1) is 11.6. The molecule has 122 valence electrons. The van der Waals surface area contributed by atoms with Gasteiger partial charge in [0.15, 0.2) is 5.78 Å². The smallest absolute Gasteiger partial charge is 0.251 e. The number of benzene rings is 1. The van der Waals surface area contributed by atoms with Crippen LogP contribution in [0.25, 0.3) is 5.69 Å². The third-order valence-electron chi connectivity index (χ3n) is 3.60. The number of thiophene rings is 1. The van der Waals surface area contributed by atoms with Gasteiger partial charge >= 0.3 is 0 Å². The number of hydrogen-bond acceptors (Lipinski definition) is 4. The summed E-state index contributed by atoms with van der Waals surface area (Å²) in [6.07, 6.45) is 5.53. The first-order valence-corrected chi connectivity index (χ1v) is 8.47. The Labute approximate surface area is 144 Å². The molecule has 1 atom stereocenters. The van der Waals surface area contributed by atoms with Gasteiger partial charge in [0, 0.05) is 36.1 Å². The van der Waals surface area contributed by atoms with Gasteiger partial charge in [0.25, 0.3) is 5.91 Å². The fraction of sp³-hybridized carbons (Fsp3) is 0.167. The summed E-state index contributed by atoms with van der Waals surface area (Å²) in [5.74, 6) is -0.132. The van der Waals surface area contributed by atoms with Crippen LogP contribution in [0, 0.1) is 0 Å². The Bertz CT molecular complexity index is 809. The van der Waals surface area contributed by atoms with Crippen LogP contribution in [0.15, 0.2) is 60.5 Å². The van der Waals surface area contributed by atoms with E-state index in [0.29, 0.717) is 12.0 Å². The van der Waals surface area contributed by atoms with Crippen LogP contribution in [0.5, 0.6) is 0 Å². The van der Waals surface area contributed by atoms with Crippen LogP contribution in [0.3, 0.4) is 0 Å². The summed E-state index contributed by atoms with van der Waals surface area (Å²) in [6.45, 7) is 1.84. The molecule has 0 spiro atoms. The van der Waals surface area contributed by atoms with E-state index in [1.807, 2.05) is 41.3 Å². The molecule has 1 aromatic carbocycles. The monoisotopic (exact) mass is 339 g/mol. The Balaban J connectivity index is 1.59. The summed E-state index contributed by atoms with van der Waals surface area (Å²) in [7, 11) is 0. The number of hydrogen-bond donors (Lipinski definition) is 1. The van der Waals surface area contributed by atoms with Gasteiger partial charge < -0.3 is 9.88 Å². The Morgan fingerprint density at radius 1 is 1.25 bits per heavy atom. The second kappa shape index (κ2) is 7.23. The second-order valence-electron chi connectivity index (χ2n) is 5.50. The lowest BCUT2D eigenvalue weighted by molar-refractivity contribution is 0.0919. The Kier molecular flexibility index (Phi) is 4.86. The summed E-state index contributed by atoms with van der Waals surface area (Å²) in [5.41, 5.74) is 1.50. The van der Waals surface area contributed by atoms with Crippen molar-refractivity contribution in [3.63, 3.8) is 0 Å². The van der Waals surface area contributed by atoms with Crippen LogP contribution >= 0.6 is 11.3 Å². The summed E-state index contributed by atoms with van der Waals surface area (Å²) >= 11 is 1.42. The lowest BCUT2D eigenvalue weighted by Gasteiger charge is -2.13. The maximum Gasteiger partial charge on any atom is 0.251 e. The Morgan fingerprint density at radius 3 is 2.67 bits per heavy atom. The van der Waals surface area contributed by atoms with E-state index < -0.39 is 0 Å². The number of imidazole rings is 1. The maximum absolute atomic E-state index is 12.3. The lowest BCUT2D eigenvalue weighted by Crippen LogP contribution is -2.34. The second-order valence-corrected chi connectivity index (χ2v) is 6.44. The molecule has 2 aromatic heterocycles. The molecule has 0 aliphatic heterocycles. The van der Waals surface area contributed by atoms with Gasteiger partial charge in [-0.2, -0.15) is 0 Å². The van der Waals surface area contributed by atoms with E-state index in [2.05, 4.69) is 10.3 Å². The maximum atomic E-state index is 12.3. The largest absolute Gasteiger partial charge is 0.349 e. The van der Waals surface area contributed by atoms with Crippen LogP contribution in [-0.4, -0.2) is 27.3 Å². The van der Waals surface area contributed by atoms with Crippen LogP contribution in [0.4, 0.5) is 0 Å². The highest BCUT2D eigenvalue weighted by atomic mass is 32.1. The van der Waals surface area contributed by atoms with Crippen LogP contribution in [0.1, 0.15) is 33.4 Å². The molecule has 3 rings (SSSR count). The first-order valence-electron chi connectivity index (χ1n) is 7.59. The van der Waals surface area contributed by atoms with Crippen molar-refractivity contribution in [3.05, 3.63) is 70.9 Å². The fourth-order valence-corrected chi connectivity index (χ4v) is 3.05. The SMILES string of the molecule is CC(CC(=O)c1cccs1)NC(=O)c1ccc(-n2ccnc2)cc1. The molecule has 24 heavy (non-hydrogen) atoms. The Morgan fingerprint density at radius 2 is 2.04 bits per heavy atom. The molecule has 1 unspecified atom stereocenters. The molecule has 6 heteroatoms. The highest BCUT2D eigenvalue weighted by Crippen LogP contribution is 2.13. The normalized spacial score (nSPS) is 11.9. The average Bonchev–Trinajstić information content (AvgIpc) is 3.28. The molecule has 0 bridgehead atoms. The minimum absolute atomic E-state index is 0.0493. The van der Waals surface area contributed by atoms with Crippen LogP contribution in [-0.2, 0) is 0 Å².